The second-order valence-electron chi connectivity index (χ2n) is 2.81. The summed E-state index contributed by atoms with van der Waals surface area (Å²) >= 11 is 0. The van der Waals surface area contributed by atoms with E-state index in [0.29, 0.717) is 11.2 Å². The average Bonchev–Trinajstić information content (AvgIpc) is 2.26. The number of carbonyl (C=O) groups is 1. The first-order valence-corrected chi connectivity index (χ1v) is 4.29. The van der Waals surface area contributed by atoms with Crippen LogP contribution in [0.2, 0.25) is 0 Å². The predicted octanol–water partition coefficient (Wildman–Crippen LogP) is -1.08. The van der Waals surface area contributed by atoms with Crippen molar-refractivity contribution in [1.29, 1.82) is 0 Å². The molecule has 0 heterocycles. The van der Waals surface area contributed by atoms with E-state index >= 15 is 0 Å². The molecule has 0 aliphatic carbocycles. The molecule has 0 fully saturated rings. The zero-order valence-corrected chi connectivity index (χ0v) is 8.21. The highest BCUT2D eigenvalue weighted by Gasteiger charge is 2.11. The van der Waals surface area contributed by atoms with Crippen LogP contribution in [0.3, 0.4) is 0 Å². The number of hydrogen-bond donors (Lipinski definition) is 2. The summed E-state index contributed by atoms with van der Waals surface area (Å²) in [7, 11) is -0.286. The first kappa shape index (κ1) is 11.5. The van der Waals surface area contributed by atoms with Crippen molar-refractivity contribution >= 4 is 18.6 Å². The zero-order chi connectivity index (χ0) is 11.3. The van der Waals surface area contributed by atoms with E-state index in [0.717, 1.165) is 0 Å². The van der Waals surface area contributed by atoms with Gasteiger partial charge in [0.15, 0.2) is 6.61 Å². The van der Waals surface area contributed by atoms with Crippen LogP contribution in [0.4, 0.5) is 0 Å². The molecule has 1 rings (SSSR count). The normalized spacial score (nSPS) is 9.53. The lowest BCUT2D eigenvalue weighted by Crippen LogP contribution is -2.29. The largest absolute Gasteiger partial charge is 0.488 e. The number of methoxy groups -OCH3 is 1. The number of hydrogen-bond acceptors (Lipinski definition) is 5. The fraction of sp³-hybridized carbons (Fsp3) is 0.222. The van der Waals surface area contributed by atoms with E-state index in [-0.39, 0.29) is 6.61 Å². The van der Waals surface area contributed by atoms with E-state index in [1.54, 1.807) is 12.1 Å². The van der Waals surface area contributed by atoms with Crippen molar-refractivity contribution in [3.05, 3.63) is 24.3 Å². The average molecular weight is 210 g/mol. The van der Waals surface area contributed by atoms with Crippen LogP contribution in [0.5, 0.6) is 5.75 Å². The Hall–Kier alpha value is -1.53. The molecule has 0 amide bonds. The van der Waals surface area contributed by atoms with Gasteiger partial charge >= 0.3 is 13.1 Å². The first-order chi connectivity index (χ1) is 7.13. The molecule has 6 heteroatoms. The molecule has 1 aromatic rings. The monoisotopic (exact) mass is 210 g/mol. The molecule has 80 valence electrons. The third-order valence-corrected chi connectivity index (χ3v) is 1.74. The van der Waals surface area contributed by atoms with Crippen LogP contribution in [0, 0.1) is 0 Å². The van der Waals surface area contributed by atoms with Crippen molar-refractivity contribution in [2.75, 3.05) is 13.7 Å². The molecule has 0 bridgehead atoms. The quantitative estimate of drug-likeness (QED) is 0.488. The van der Waals surface area contributed by atoms with Crippen LogP contribution in [-0.4, -0.2) is 36.9 Å². The van der Waals surface area contributed by atoms with E-state index < -0.39 is 13.1 Å². The predicted molar refractivity (Wildman–Crippen MR) is 53.8 cm³/mol. The minimum absolute atomic E-state index is 0.207. The molecule has 0 unspecified atom stereocenters. The molecule has 0 saturated heterocycles. The molecule has 2 N–H and O–H groups in total. The Kier molecular flexibility index (Phi) is 4.14. The van der Waals surface area contributed by atoms with Crippen LogP contribution in [0.25, 0.3) is 0 Å². The maximum Gasteiger partial charge on any atom is 0.488 e. The fourth-order valence-corrected chi connectivity index (χ4v) is 0.966. The van der Waals surface area contributed by atoms with E-state index in [2.05, 4.69) is 4.74 Å². The second-order valence-corrected chi connectivity index (χ2v) is 2.81. The minimum atomic E-state index is -1.55. The summed E-state index contributed by atoms with van der Waals surface area (Å²) in [5.41, 5.74) is 0.303. The number of esters is 1. The molecule has 0 aliphatic heterocycles. The molecule has 1 aromatic carbocycles. The fourth-order valence-electron chi connectivity index (χ4n) is 0.966. The Morgan fingerprint density at radius 3 is 2.80 bits per heavy atom. The van der Waals surface area contributed by atoms with Crippen LogP contribution in [0.1, 0.15) is 0 Å². The van der Waals surface area contributed by atoms with Gasteiger partial charge in [-0.05, 0) is 17.6 Å². The maximum atomic E-state index is 10.8. The van der Waals surface area contributed by atoms with Gasteiger partial charge in [0.25, 0.3) is 0 Å². The molecule has 0 saturated carbocycles. The van der Waals surface area contributed by atoms with Crippen molar-refractivity contribution in [3.8, 4) is 5.75 Å². The van der Waals surface area contributed by atoms with Crippen molar-refractivity contribution in [1.82, 2.24) is 0 Å². The summed E-state index contributed by atoms with van der Waals surface area (Å²) in [5.74, 6) is -0.115. The van der Waals surface area contributed by atoms with Crippen LogP contribution in [-0.2, 0) is 9.53 Å². The Morgan fingerprint density at radius 1 is 1.47 bits per heavy atom. The van der Waals surface area contributed by atoms with Gasteiger partial charge in [-0.15, -0.1) is 0 Å². The molecule has 0 radical (unpaired) electrons. The molecule has 5 nitrogen and oxygen atoms in total. The number of rotatable bonds is 4. The Labute approximate surface area is 87.4 Å². The molecule has 15 heavy (non-hydrogen) atoms. The van der Waals surface area contributed by atoms with Crippen molar-refractivity contribution in [3.63, 3.8) is 0 Å². The molecular weight excluding hydrogens is 199 g/mol. The first-order valence-electron chi connectivity index (χ1n) is 4.29. The summed E-state index contributed by atoms with van der Waals surface area (Å²) in [6.45, 7) is -0.207. The standard InChI is InChI=1S/C9H11BO5/c1-14-9(11)6-15-8-4-2-3-7(5-8)10(12)13/h2-5,12-13H,6H2,1H3. The van der Waals surface area contributed by atoms with Crippen LogP contribution < -0.4 is 10.2 Å². The van der Waals surface area contributed by atoms with Gasteiger partial charge in [0, 0.05) is 0 Å². The van der Waals surface area contributed by atoms with Gasteiger partial charge in [-0.3, -0.25) is 0 Å². The molecule has 0 atom stereocenters. The van der Waals surface area contributed by atoms with Gasteiger partial charge in [0.2, 0.25) is 0 Å². The van der Waals surface area contributed by atoms with Crippen molar-refractivity contribution in [2.24, 2.45) is 0 Å². The molecule has 0 aromatic heterocycles. The topological polar surface area (TPSA) is 76.0 Å². The highest BCUT2D eigenvalue weighted by Crippen LogP contribution is 2.07. The smallest absolute Gasteiger partial charge is 0.482 e. The van der Waals surface area contributed by atoms with Crippen molar-refractivity contribution < 1.29 is 24.3 Å². The summed E-state index contributed by atoms with van der Waals surface area (Å²) in [5, 5.41) is 17.8. The summed E-state index contributed by atoms with van der Waals surface area (Å²) in [6, 6.07) is 6.18. The van der Waals surface area contributed by atoms with Crippen molar-refractivity contribution in [2.45, 2.75) is 0 Å². The van der Waals surface area contributed by atoms with Gasteiger partial charge < -0.3 is 19.5 Å². The highest BCUT2D eigenvalue weighted by atomic mass is 16.6. The van der Waals surface area contributed by atoms with Crippen LogP contribution in [0.15, 0.2) is 24.3 Å². The molecule has 0 spiro atoms. The maximum absolute atomic E-state index is 10.8. The summed E-state index contributed by atoms with van der Waals surface area (Å²) in [4.78, 5) is 10.8. The van der Waals surface area contributed by atoms with Gasteiger partial charge in [-0.25, -0.2) is 4.79 Å². The molecule has 0 aliphatic rings. The van der Waals surface area contributed by atoms with Gasteiger partial charge in [0.05, 0.1) is 7.11 Å². The lowest BCUT2D eigenvalue weighted by Gasteiger charge is -2.06. The molecular formula is C9H11BO5. The van der Waals surface area contributed by atoms with E-state index in [4.69, 9.17) is 14.8 Å². The highest BCUT2D eigenvalue weighted by molar-refractivity contribution is 6.58. The third-order valence-electron chi connectivity index (χ3n) is 1.74. The van der Waals surface area contributed by atoms with E-state index in [1.807, 2.05) is 0 Å². The van der Waals surface area contributed by atoms with E-state index in [1.165, 1.54) is 19.2 Å². The lowest BCUT2D eigenvalue weighted by molar-refractivity contribution is -0.142. The Morgan fingerprint density at radius 2 is 2.20 bits per heavy atom. The van der Waals surface area contributed by atoms with Crippen LogP contribution >= 0.6 is 0 Å². The van der Waals surface area contributed by atoms with E-state index in [9.17, 15) is 4.79 Å². The Bertz CT molecular complexity index is 339. The number of benzene rings is 1. The third kappa shape index (κ3) is 3.61. The SMILES string of the molecule is COC(=O)COc1cccc(B(O)O)c1. The number of carbonyl (C=O) groups excluding carboxylic acids is 1. The summed E-state index contributed by atoms with van der Waals surface area (Å²) in [6.07, 6.45) is 0. The lowest BCUT2D eigenvalue weighted by atomic mass is 9.80. The zero-order valence-electron chi connectivity index (χ0n) is 8.21. The Balaban J connectivity index is 2.61. The minimum Gasteiger partial charge on any atom is -0.482 e. The second kappa shape index (κ2) is 5.38. The van der Waals surface area contributed by atoms with Gasteiger partial charge in [-0.2, -0.15) is 0 Å². The van der Waals surface area contributed by atoms with Gasteiger partial charge in [0.1, 0.15) is 5.75 Å². The number of ether oxygens (including phenoxy) is 2. The van der Waals surface area contributed by atoms with Gasteiger partial charge in [-0.1, -0.05) is 12.1 Å². The summed E-state index contributed by atoms with van der Waals surface area (Å²) < 4.78 is 9.44.